The van der Waals surface area contributed by atoms with Crippen molar-refractivity contribution >= 4 is 6.16 Å². The van der Waals surface area contributed by atoms with Crippen LogP contribution in [0.3, 0.4) is 0 Å². The first-order valence-corrected chi connectivity index (χ1v) is 4.89. The van der Waals surface area contributed by atoms with E-state index in [1.807, 2.05) is 12.1 Å². The van der Waals surface area contributed by atoms with E-state index < -0.39 is 6.16 Å². The third kappa shape index (κ3) is 2.36. The minimum atomic E-state index is -0.645. The summed E-state index contributed by atoms with van der Waals surface area (Å²) in [6.07, 6.45) is -0.994. The Morgan fingerprint density at radius 2 is 2.12 bits per heavy atom. The Balaban J connectivity index is 1.91. The molecule has 0 bridgehead atoms. The van der Waals surface area contributed by atoms with E-state index in [1.54, 1.807) is 19.2 Å². The Labute approximate surface area is 92.9 Å². The largest absolute Gasteiger partial charge is 0.508 e. The average Bonchev–Trinajstić information content (AvgIpc) is 2.73. The van der Waals surface area contributed by atoms with Gasteiger partial charge < -0.3 is 18.9 Å². The molecule has 1 aromatic carbocycles. The minimum absolute atomic E-state index is 0.230. The Morgan fingerprint density at radius 1 is 1.38 bits per heavy atom. The van der Waals surface area contributed by atoms with Crippen LogP contribution >= 0.6 is 0 Å². The summed E-state index contributed by atoms with van der Waals surface area (Å²) in [6, 6.07) is 7.28. The van der Waals surface area contributed by atoms with Gasteiger partial charge in [0, 0.05) is 0 Å². The molecule has 1 aliphatic heterocycles. The van der Waals surface area contributed by atoms with Gasteiger partial charge in [-0.2, -0.15) is 0 Å². The van der Waals surface area contributed by atoms with Crippen LogP contribution < -0.4 is 9.47 Å². The first-order chi connectivity index (χ1) is 7.79. The van der Waals surface area contributed by atoms with Crippen LogP contribution in [-0.2, 0) is 9.47 Å². The second kappa shape index (κ2) is 4.74. The molecule has 1 saturated heterocycles. The number of carbonyl (C=O) groups is 1. The second-order valence-electron chi connectivity index (χ2n) is 3.26. The fourth-order valence-electron chi connectivity index (χ4n) is 1.37. The van der Waals surface area contributed by atoms with E-state index in [0.717, 1.165) is 0 Å². The number of ether oxygens (including phenoxy) is 4. The van der Waals surface area contributed by atoms with Gasteiger partial charge in [0.1, 0.15) is 13.2 Å². The van der Waals surface area contributed by atoms with Crippen molar-refractivity contribution in [1.29, 1.82) is 0 Å². The van der Waals surface area contributed by atoms with Crippen LogP contribution in [0.25, 0.3) is 0 Å². The van der Waals surface area contributed by atoms with Gasteiger partial charge in [0.25, 0.3) is 0 Å². The number of benzene rings is 1. The minimum Gasteiger partial charge on any atom is -0.493 e. The van der Waals surface area contributed by atoms with E-state index in [-0.39, 0.29) is 19.3 Å². The van der Waals surface area contributed by atoms with Gasteiger partial charge in [0.15, 0.2) is 17.6 Å². The summed E-state index contributed by atoms with van der Waals surface area (Å²) in [5.74, 6) is 1.26. The summed E-state index contributed by atoms with van der Waals surface area (Å²) in [6.45, 7) is 0.486. The molecule has 86 valence electrons. The predicted molar refractivity (Wildman–Crippen MR) is 54.7 cm³/mol. The lowest BCUT2D eigenvalue weighted by Gasteiger charge is -2.11. The van der Waals surface area contributed by atoms with E-state index >= 15 is 0 Å². The number of cyclic esters (lactones) is 2. The molecule has 0 aliphatic carbocycles. The normalized spacial score (nSPS) is 18.8. The highest BCUT2D eigenvalue weighted by Gasteiger charge is 2.25. The summed E-state index contributed by atoms with van der Waals surface area (Å²) in [5.41, 5.74) is 0. The summed E-state index contributed by atoms with van der Waals surface area (Å²) in [5, 5.41) is 0. The van der Waals surface area contributed by atoms with Crippen LogP contribution in [0.4, 0.5) is 4.79 Å². The highest BCUT2D eigenvalue weighted by atomic mass is 16.8. The lowest BCUT2D eigenvalue weighted by atomic mass is 10.3. The van der Waals surface area contributed by atoms with Crippen molar-refractivity contribution in [2.24, 2.45) is 0 Å². The van der Waals surface area contributed by atoms with E-state index in [0.29, 0.717) is 11.5 Å². The zero-order chi connectivity index (χ0) is 11.4. The van der Waals surface area contributed by atoms with Crippen molar-refractivity contribution in [3.05, 3.63) is 24.3 Å². The maximum Gasteiger partial charge on any atom is 0.508 e. The first-order valence-electron chi connectivity index (χ1n) is 4.89. The maximum absolute atomic E-state index is 10.7. The molecule has 16 heavy (non-hydrogen) atoms. The monoisotopic (exact) mass is 224 g/mol. The Hall–Kier alpha value is -1.91. The van der Waals surface area contributed by atoms with Gasteiger partial charge >= 0.3 is 6.16 Å². The molecule has 0 N–H and O–H groups in total. The number of hydrogen-bond donors (Lipinski definition) is 0. The SMILES string of the molecule is COc1ccccc1OC[C@H]1COC(=O)O1. The Kier molecular flexibility index (Phi) is 3.14. The first kappa shape index (κ1) is 10.6. The lowest BCUT2D eigenvalue weighted by molar-refractivity contribution is 0.0975. The van der Waals surface area contributed by atoms with Gasteiger partial charge in [-0.3, -0.25) is 0 Å². The summed E-state index contributed by atoms with van der Waals surface area (Å²) in [4.78, 5) is 10.7. The van der Waals surface area contributed by atoms with Crippen molar-refractivity contribution in [3.63, 3.8) is 0 Å². The maximum atomic E-state index is 10.7. The topological polar surface area (TPSA) is 54.0 Å². The molecule has 0 aromatic heterocycles. The van der Waals surface area contributed by atoms with Gasteiger partial charge in [0.05, 0.1) is 7.11 Å². The number of carbonyl (C=O) groups excluding carboxylic acids is 1. The second-order valence-corrected chi connectivity index (χ2v) is 3.26. The van der Waals surface area contributed by atoms with Crippen molar-refractivity contribution < 1.29 is 23.7 Å². The van der Waals surface area contributed by atoms with Crippen LogP contribution in [0, 0.1) is 0 Å². The standard InChI is InChI=1S/C11H12O5/c1-13-9-4-2-3-5-10(9)14-6-8-7-15-11(12)16-8/h2-5,8H,6-7H2,1H3/t8-/m0/s1. The molecule has 1 atom stereocenters. The quantitative estimate of drug-likeness (QED) is 0.727. The number of hydrogen-bond acceptors (Lipinski definition) is 5. The molecular formula is C11H12O5. The van der Waals surface area contributed by atoms with E-state index in [9.17, 15) is 4.79 Å². The average molecular weight is 224 g/mol. The molecule has 5 nitrogen and oxygen atoms in total. The fourth-order valence-corrected chi connectivity index (χ4v) is 1.37. The molecule has 1 heterocycles. The van der Waals surface area contributed by atoms with Gasteiger partial charge in [-0.25, -0.2) is 4.79 Å². The molecule has 1 fully saturated rings. The van der Waals surface area contributed by atoms with Crippen LogP contribution in [0.1, 0.15) is 0 Å². The Morgan fingerprint density at radius 3 is 2.75 bits per heavy atom. The molecule has 1 aliphatic rings. The zero-order valence-electron chi connectivity index (χ0n) is 8.84. The van der Waals surface area contributed by atoms with Crippen molar-refractivity contribution in [2.45, 2.75) is 6.10 Å². The van der Waals surface area contributed by atoms with Gasteiger partial charge in [-0.1, -0.05) is 12.1 Å². The van der Waals surface area contributed by atoms with E-state index in [2.05, 4.69) is 4.74 Å². The number of methoxy groups -OCH3 is 1. The molecule has 5 heteroatoms. The molecule has 0 unspecified atom stereocenters. The van der Waals surface area contributed by atoms with Crippen molar-refractivity contribution in [3.8, 4) is 11.5 Å². The van der Waals surface area contributed by atoms with Crippen LogP contribution in [0.2, 0.25) is 0 Å². The molecule has 0 amide bonds. The van der Waals surface area contributed by atoms with Crippen molar-refractivity contribution in [1.82, 2.24) is 0 Å². The lowest BCUT2D eigenvalue weighted by Crippen LogP contribution is -2.20. The van der Waals surface area contributed by atoms with Gasteiger partial charge in [-0.05, 0) is 12.1 Å². The zero-order valence-corrected chi connectivity index (χ0v) is 8.84. The van der Waals surface area contributed by atoms with Crippen LogP contribution in [0.5, 0.6) is 11.5 Å². The fraction of sp³-hybridized carbons (Fsp3) is 0.364. The highest BCUT2D eigenvalue weighted by molar-refractivity contribution is 5.61. The third-order valence-electron chi connectivity index (χ3n) is 2.14. The third-order valence-corrected chi connectivity index (χ3v) is 2.14. The summed E-state index contributed by atoms with van der Waals surface area (Å²) < 4.78 is 20.1. The predicted octanol–water partition coefficient (Wildman–Crippen LogP) is 1.61. The number of para-hydroxylation sites is 2. The van der Waals surface area contributed by atoms with E-state index in [4.69, 9.17) is 14.2 Å². The van der Waals surface area contributed by atoms with Crippen LogP contribution in [-0.4, -0.2) is 32.6 Å². The molecule has 2 rings (SSSR count). The molecule has 0 spiro atoms. The summed E-state index contributed by atoms with van der Waals surface area (Å²) >= 11 is 0. The highest BCUT2D eigenvalue weighted by Crippen LogP contribution is 2.26. The number of rotatable bonds is 4. The smallest absolute Gasteiger partial charge is 0.493 e. The Bertz CT molecular complexity index is 376. The molecule has 0 radical (unpaired) electrons. The van der Waals surface area contributed by atoms with Gasteiger partial charge in [-0.15, -0.1) is 0 Å². The van der Waals surface area contributed by atoms with Crippen molar-refractivity contribution in [2.75, 3.05) is 20.3 Å². The molecule has 0 saturated carbocycles. The molecular weight excluding hydrogens is 212 g/mol. The van der Waals surface area contributed by atoms with Gasteiger partial charge in [0.2, 0.25) is 0 Å². The summed E-state index contributed by atoms with van der Waals surface area (Å²) in [7, 11) is 1.57. The van der Waals surface area contributed by atoms with Crippen LogP contribution in [0.15, 0.2) is 24.3 Å². The molecule has 1 aromatic rings. The van der Waals surface area contributed by atoms with E-state index in [1.165, 1.54) is 0 Å².